The van der Waals surface area contributed by atoms with Gasteiger partial charge >= 0.3 is 0 Å². The van der Waals surface area contributed by atoms with Crippen molar-refractivity contribution in [1.82, 2.24) is 9.78 Å². The van der Waals surface area contributed by atoms with Gasteiger partial charge < -0.3 is 5.73 Å². The van der Waals surface area contributed by atoms with E-state index < -0.39 is 0 Å². The van der Waals surface area contributed by atoms with E-state index in [9.17, 15) is 0 Å². The molecule has 2 aromatic rings. The minimum atomic E-state index is 0.605. The smallest absolute Gasteiger partial charge is 0.153 e. The molecule has 0 fully saturated rings. The Labute approximate surface area is 102 Å². The summed E-state index contributed by atoms with van der Waals surface area (Å²) in [6.45, 7) is 4.23. The van der Waals surface area contributed by atoms with Gasteiger partial charge in [-0.05, 0) is 24.5 Å². The van der Waals surface area contributed by atoms with Crippen LogP contribution in [0.1, 0.15) is 24.6 Å². The Hall–Kier alpha value is -1.77. The van der Waals surface area contributed by atoms with Crippen molar-refractivity contribution in [2.24, 2.45) is 7.05 Å². The SMILES string of the molecule is CCCc1ccc(-c2c(N)nn(C)c2C)cc1. The van der Waals surface area contributed by atoms with Crippen molar-refractivity contribution in [2.45, 2.75) is 26.7 Å². The van der Waals surface area contributed by atoms with Crippen molar-refractivity contribution in [2.75, 3.05) is 5.73 Å². The molecule has 2 rings (SSSR count). The molecule has 1 heterocycles. The second kappa shape index (κ2) is 4.62. The average Bonchev–Trinajstić information content (AvgIpc) is 2.55. The van der Waals surface area contributed by atoms with Crippen LogP contribution < -0.4 is 5.73 Å². The fraction of sp³-hybridized carbons (Fsp3) is 0.357. The highest BCUT2D eigenvalue weighted by Crippen LogP contribution is 2.28. The molecular formula is C14H19N3. The lowest BCUT2D eigenvalue weighted by Gasteiger charge is -2.04. The molecule has 0 aliphatic heterocycles. The lowest BCUT2D eigenvalue weighted by atomic mass is 10.0. The molecule has 0 aliphatic carbocycles. The number of hydrogen-bond acceptors (Lipinski definition) is 2. The van der Waals surface area contributed by atoms with Gasteiger partial charge in [-0.2, -0.15) is 5.10 Å². The molecular weight excluding hydrogens is 210 g/mol. The van der Waals surface area contributed by atoms with Gasteiger partial charge in [0.05, 0.1) is 0 Å². The summed E-state index contributed by atoms with van der Waals surface area (Å²) in [6, 6.07) is 8.60. The number of benzene rings is 1. The number of rotatable bonds is 3. The van der Waals surface area contributed by atoms with E-state index in [4.69, 9.17) is 5.73 Å². The van der Waals surface area contributed by atoms with Crippen molar-refractivity contribution in [3.8, 4) is 11.1 Å². The van der Waals surface area contributed by atoms with Crippen LogP contribution in [0.3, 0.4) is 0 Å². The molecule has 0 saturated heterocycles. The molecule has 3 nitrogen and oxygen atoms in total. The number of nitrogens with zero attached hydrogens (tertiary/aromatic N) is 2. The zero-order chi connectivity index (χ0) is 12.4. The summed E-state index contributed by atoms with van der Waals surface area (Å²) in [5.41, 5.74) is 10.6. The van der Waals surface area contributed by atoms with Crippen LogP contribution >= 0.6 is 0 Å². The molecule has 1 aromatic heterocycles. The predicted molar refractivity (Wildman–Crippen MR) is 71.8 cm³/mol. The molecule has 0 aliphatic rings. The first-order valence-corrected chi connectivity index (χ1v) is 6.02. The molecule has 17 heavy (non-hydrogen) atoms. The molecule has 0 spiro atoms. The number of aryl methyl sites for hydroxylation is 2. The third-order valence-corrected chi connectivity index (χ3v) is 3.14. The highest BCUT2D eigenvalue weighted by atomic mass is 15.3. The first-order valence-electron chi connectivity index (χ1n) is 6.02. The maximum absolute atomic E-state index is 5.94. The first kappa shape index (κ1) is 11.7. The zero-order valence-electron chi connectivity index (χ0n) is 10.7. The zero-order valence-corrected chi connectivity index (χ0v) is 10.7. The van der Waals surface area contributed by atoms with Crippen LogP contribution in [-0.4, -0.2) is 9.78 Å². The second-order valence-electron chi connectivity index (χ2n) is 4.42. The largest absolute Gasteiger partial charge is 0.382 e. The van der Waals surface area contributed by atoms with Crippen molar-refractivity contribution < 1.29 is 0 Å². The lowest BCUT2D eigenvalue weighted by Crippen LogP contribution is -1.93. The third-order valence-electron chi connectivity index (χ3n) is 3.14. The first-order chi connectivity index (χ1) is 8.13. The van der Waals surface area contributed by atoms with Crippen LogP contribution in [0.15, 0.2) is 24.3 Å². The normalized spacial score (nSPS) is 10.8. The van der Waals surface area contributed by atoms with Gasteiger partial charge in [0.25, 0.3) is 0 Å². The van der Waals surface area contributed by atoms with Gasteiger partial charge in [0.1, 0.15) is 0 Å². The number of nitrogens with two attached hydrogens (primary N) is 1. The van der Waals surface area contributed by atoms with Crippen LogP contribution in [-0.2, 0) is 13.5 Å². The van der Waals surface area contributed by atoms with Crippen molar-refractivity contribution in [3.63, 3.8) is 0 Å². The molecule has 1 aromatic carbocycles. The van der Waals surface area contributed by atoms with E-state index in [2.05, 4.69) is 36.3 Å². The fourth-order valence-electron chi connectivity index (χ4n) is 2.12. The molecule has 0 amide bonds. The highest BCUT2D eigenvalue weighted by molar-refractivity contribution is 5.76. The van der Waals surface area contributed by atoms with E-state index >= 15 is 0 Å². The molecule has 2 N–H and O–H groups in total. The topological polar surface area (TPSA) is 43.8 Å². The minimum Gasteiger partial charge on any atom is -0.382 e. The Morgan fingerprint density at radius 1 is 1.24 bits per heavy atom. The summed E-state index contributed by atoms with van der Waals surface area (Å²) in [7, 11) is 1.92. The monoisotopic (exact) mass is 229 g/mol. The molecule has 0 atom stereocenters. The van der Waals surface area contributed by atoms with Gasteiger partial charge in [0, 0.05) is 18.3 Å². The summed E-state index contributed by atoms with van der Waals surface area (Å²) in [5.74, 6) is 0.605. The average molecular weight is 229 g/mol. The summed E-state index contributed by atoms with van der Waals surface area (Å²) >= 11 is 0. The lowest BCUT2D eigenvalue weighted by molar-refractivity contribution is 0.744. The molecule has 3 heteroatoms. The predicted octanol–water partition coefficient (Wildman–Crippen LogP) is 2.93. The third kappa shape index (κ3) is 2.18. The minimum absolute atomic E-state index is 0.605. The summed E-state index contributed by atoms with van der Waals surface area (Å²) < 4.78 is 1.82. The summed E-state index contributed by atoms with van der Waals surface area (Å²) in [6.07, 6.45) is 2.30. The molecule has 0 radical (unpaired) electrons. The maximum atomic E-state index is 5.94. The van der Waals surface area contributed by atoms with E-state index in [-0.39, 0.29) is 0 Å². The van der Waals surface area contributed by atoms with E-state index in [1.165, 1.54) is 12.0 Å². The number of aromatic nitrogens is 2. The Balaban J connectivity index is 2.39. The highest BCUT2D eigenvalue weighted by Gasteiger charge is 2.11. The Bertz CT molecular complexity index is 509. The van der Waals surface area contributed by atoms with Crippen LogP contribution in [0.5, 0.6) is 0 Å². The van der Waals surface area contributed by atoms with Crippen LogP contribution in [0.25, 0.3) is 11.1 Å². The number of nitrogen functional groups attached to an aromatic ring is 1. The molecule has 0 unspecified atom stereocenters. The molecule has 0 bridgehead atoms. The second-order valence-corrected chi connectivity index (χ2v) is 4.42. The number of hydrogen-bond donors (Lipinski definition) is 1. The van der Waals surface area contributed by atoms with Gasteiger partial charge in [-0.1, -0.05) is 37.6 Å². The van der Waals surface area contributed by atoms with Crippen LogP contribution in [0.4, 0.5) is 5.82 Å². The van der Waals surface area contributed by atoms with Crippen molar-refractivity contribution in [3.05, 3.63) is 35.5 Å². The van der Waals surface area contributed by atoms with Crippen LogP contribution in [0, 0.1) is 6.92 Å². The van der Waals surface area contributed by atoms with E-state index in [0.29, 0.717) is 5.82 Å². The van der Waals surface area contributed by atoms with Gasteiger partial charge in [-0.25, -0.2) is 0 Å². The van der Waals surface area contributed by atoms with Crippen molar-refractivity contribution >= 4 is 5.82 Å². The van der Waals surface area contributed by atoms with E-state index in [1.54, 1.807) is 0 Å². The van der Waals surface area contributed by atoms with Crippen LogP contribution in [0.2, 0.25) is 0 Å². The van der Waals surface area contributed by atoms with Gasteiger partial charge in [0.15, 0.2) is 5.82 Å². The van der Waals surface area contributed by atoms with Gasteiger partial charge in [-0.15, -0.1) is 0 Å². The quantitative estimate of drug-likeness (QED) is 0.879. The van der Waals surface area contributed by atoms with E-state index in [0.717, 1.165) is 23.2 Å². The summed E-state index contributed by atoms with van der Waals surface area (Å²) in [5, 5.41) is 4.24. The molecule has 90 valence electrons. The summed E-state index contributed by atoms with van der Waals surface area (Å²) in [4.78, 5) is 0. The van der Waals surface area contributed by atoms with Gasteiger partial charge in [0.2, 0.25) is 0 Å². The Kier molecular flexibility index (Phi) is 3.18. The standard InChI is InChI=1S/C14H19N3/c1-4-5-11-6-8-12(9-7-11)13-10(2)17(3)16-14(13)15/h6-9H,4-5H2,1-3H3,(H2,15,16). The van der Waals surface area contributed by atoms with Gasteiger partial charge in [-0.3, -0.25) is 4.68 Å². The molecule has 0 saturated carbocycles. The van der Waals surface area contributed by atoms with Crippen molar-refractivity contribution in [1.29, 1.82) is 0 Å². The number of anilines is 1. The Morgan fingerprint density at radius 2 is 1.88 bits per heavy atom. The fourth-order valence-corrected chi connectivity index (χ4v) is 2.12. The Morgan fingerprint density at radius 3 is 2.35 bits per heavy atom. The maximum Gasteiger partial charge on any atom is 0.153 e. The van der Waals surface area contributed by atoms with E-state index in [1.807, 2.05) is 18.7 Å².